The van der Waals surface area contributed by atoms with Crippen LogP contribution in [0.25, 0.3) is 0 Å². The van der Waals surface area contributed by atoms with E-state index in [1.165, 1.54) is 17.2 Å². The fraction of sp³-hybridized carbons (Fsp3) is 0.278. The van der Waals surface area contributed by atoms with Gasteiger partial charge in [0.25, 0.3) is 0 Å². The summed E-state index contributed by atoms with van der Waals surface area (Å²) in [6.45, 7) is 2.78. The van der Waals surface area contributed by atoms with Gasteiger partial charge in [-0.15, -0.1) is 0 Å². The molecule has 0 unspecified atom stereocenters. The van der Waals surface area contributed by atoms with Gasteiger partial charge in [0.1, 0.15) is 0 Å². The molecule has 0 saturated carbocycles. The third kappa shape index (κ3) is 3.39. The van der Waals surface area contributed by atoms with Crippen molar-refractivity contribution in [2.45, 2.75) is 6.04 Å². The van der Waals surface area contributed by atoms with Crippen LogP contribution >= 0.6 is 0 Å². The Morgan fingerprint density at radius 1 is 1.05 bits per heavy atom. The van der Waals surface area contributed by atoms with Crippen LogP contribution in [0.1, 0.15) is 17.2 Å². The quantitative estimate of drug-likeness (QED) is 0.605. The second-order valence-corrected chi connectivity index (χ2v) is 5.69. The van der Waals surface area contributed by atoms with Crippen LogP contribution < -0.4 is 0 Å². The van der Waals surface area contributed by atoms with Crippen LogP contribution in [-0.4, -0.2) is 37.8 Å². The number of likely N-dealkylation sites (tertiary alicyclic amines) is 1. The predicted octanol–water partition coefficient (Wildman–Crippen LogP) is 2.79. The van der Waals surface area contributed by atoms with Gasteiger partial charge in [-0.2, -0.15) is 0 Å². The molecule has 1 aliphatic rings. The van der Waals surface area contributed by atoms with E-state index >= 15 is 0 Å². The van der Waals surface area contributed by atoms with Crippen molar-refractivity contribution in [1.82, 2.24) is 4.90 Å². The summed E-state index contributed by atoms with van der Waals surface area (Å²) in [4.78, 5) is 6.61. The number of rotatable bonds is 6. The monoisotopic (exact) mass is 290 g/mol. The summed E-state index contributed by atoms with van der Waals surface area (Å²) in [5.74, 6) is 0.547. The van der Waals surface area contributed by atoms with Crippen LogP contribution in [0.4, 0.5) is 0 Å². The third-order valence-electron chi connectivity index (χ3n) is 4.11. The fourth-order valence-corrected chi connectivity index (χ4v) is 3.07. The number of hydrogen-bond acceptors (Lipinski definition) is 3. The maximum absolute atomic E-state index is 10.3. The molecule has 1 fully saturated rings. The molecule has 0 aromatic heterocycles. The van der Waals surface area contributed by atoms with Crippen molar-refractivity contribution in [2.75, 3.05) is 19.6 Å². The first-order chi connectivity index (χ1) is 10.9. The predicted molar refractivity (Wildman–Crippen MR) is 89.6 cm³/mol. The Hall–Kier alpha value is -2.07. The maximum atomic E-state index is 10.3. The van der Waals surface area contributed by atoms with Crippen molar-refractivity contribution in [3.05, 3.63) is 71.8 Å². The summed E-state index contributed by atoms with van der Waals surface area (Å²) in [6, 6.07) is 21.5. The van der Waals surface area contributed by atoms with Gasteiger partial charge >= 0.3 is 131 Å². The molecule has 0 amide bonds. The molecule has 0 N–H and O–H groups in total. The Labute approximate surface area is 131 Å². The van der Waals surface area contributed by atoms with Gasteiger partial charge in [0.2, 0.25) is 0 Å². The molecule has 0 radical (unpaired) electrons. The molecule has 3 nitrogen and oxygen atoms in total. The van der Waals surface area contributed by atoms with Crippen molar-refractivity contribution < 1.29 is 4.70 Å². The van der Waals surface area contributed by atoms with Crippen LogP contribution in [0.2, 0.25) is 0 Å². The van der Waals surface area contributed by atoms with Crippen LogP contribution in [-0.2, 0) is 4.70 Å². The van der Waals surface area contributed by atoms with Crippen molar-refractivity contribution in [3.8, 4) is 0 Å². The number of hydrogen-bond donors (Lipinski definition) is 0. The Kier molecular flexibility index (Phi) is 4.91. The fourth-order valence-electron chi connectivity index (χ4n) is 3.07. The SMILES string of the molecule is O=BC=NCC1CN(C(c2ccccc2)c2ccccc2)C1. The number of aliphatic imine (C=N–C) groups is 1. The summed E-state index contributed by atoms with van der Waals surface area (Å²) in [7, 11) is 0.743. The Morgan fingerprint density at radius 3 is 2.09 bits per heavy atom. The summed E-state index contributed by atoms with van der Waals surface area (Å²) >= 11 is 0. The Balaban J connectivity index is 1.74. The molecule has 2 aromatic rings. The number of benzene rings is 2. The van der Waals surface area contributed by atoms with E-state index in [9.17, 15) is 4.70 Å². The van der Waals surface area contributed by atoms with Gasteiger partial charge in [-0.25, -0.2) is 0 Å². The summed E-state index contributed by atoms with van der Waals surface area (Å²) in [5, 5.41) is 0. The van der Waals surface area contributed by atoms with E-state index in [4.69, 9.17) is 0 Å². The van der Waals surface area contributed by atoms with Gasteiger partial charge in [-0.1, -0.05) is 0 Å². The van der Waals surface area contributed by atoms with E-state index < -0.39 is 0 Å². The molecular weight excluding hydrogens is 271 g/mol. The molecule has 4 heteroatoms. The summed E-state index contributed by atoms with van der Waals surface area (Å²) in [6.07, 6.45) is 1.36. The normalized spacial score (nSPS) is 15.9. The van der Waals surface area contributed by atoms with E-state index in [1.807, 2.05) is 0 Å². The molecule has 1 heterocycles. The van der Waals surface area contributed by atoms with Crippen molar-refractivity contribution in [1.29, 1.82) is 0 Å². The van der Waals surface area contributed by atoms with Crippen molar-refractivity contribution in [2.24, 2.45) is 10.9 Å². The molecular formula is C18H19BN2O. The molecule has 0 atom stereocenters. The molecule has 2 aromatic carbocycles. The standard InChI is InChI=1S/C18H19BN2O/c22-19-14-20-11-15-12-21(13-15)18(16-7-3-1-4-8-16)17-9-5-2-6-10-17/h1-10,14-15,18H,11-13H2. The van der Waals surface area contributed by atoms with Crippen molar-refractivity contribution in [3.63, 3.8) is 0 Å². The van der Waals surface area contributed by atoms with Gasteiger partial charge in [-0.05, 0) is 0 Å². The Morgan fingerprint density at radius 2 is 1.59 bits per heavy atom. The first kappa shape index (κ1) is 14.9. The molecule has 0 spiro atoms. The zero-order valence-electron chi connectivity index (χ0n) is 12.5. The van der Waals surface area contributed by atoms with E-state index in [2.05, 4.69) is 70.6 Å². The van der Waals surface area contributed by atoms with Gasteiger partial charge in [0.15, 0.2) is 0 Å². The first-order valence-electron chi connectivity index (χ1n) is 7.66. The van der Waals surface area contributed by atoms with Crippen LogP contribution in [0.5, 0.6) is 0 Å². The minimum atomic E-state index is 0.300. The van der Waals surface area contributed by atoms with Crippen LogP contribution in [0, 0.1) is 5.92 Å². The van der Waals surface area contributed by atoms with Crippen LogP contribution in [0.3, 0.4) is 0 Å². The van der Waals surface area contributed by atoms with Gasteiger partial charge < -0.3 is 0 Å². The molecule has 22 heavy (non-hydrogen) atoms. The van der Waals surface area contributed by atoms with Crippen LogP contribution in [0.15, 0.2) is 65.7 Å². The zero-order valence-corrected chi connectivity index (χ0v) is 12.5. The van der Waals surface area contributed by atoms with E-state index in [0.29, 0.717) is 12.0 Å². The minimum absolute atomic E-state index is 0.300. The third-order valence-corrected chi connectivity index (χ3v) is 4.11. The van der Waals surface area contributed by atoms with E-state index in [-0.39, 0.29) is 0 Å². The molecule has 1 aliphatic heterocycles. The number of nitrogens with zero attached hydrogens (tertiary/aromatic N) is 2. The molecule has 0 bridgehead atoms. The second-order valence-electron chi connectivity index (χ2n) is 5.69. The molecule has 0 aliphatic carbocycles. The summed E-state index contributed by atoms with van der Waals surface area (Å²) < 4.78 is 10.3. The topological polar surface area (TPSA) is 32.7 Å². The average Bonchev–Trinajstić information content (AvgIpc) is 2.54. The van der Waals surface area contributed by atoms with Gasteiger partial charge in [0.05, 0.1) is 0 Å². The van der Waals surface area contributed by atoms with E-state index in [1.54, 1.807) is 0 Å². The van der Waals surface area contributed by atoms with Crippen molar-refractivity contribution >= 4 is 13.3 Å². The average molecular weight is 290 g/mol. The Bertz CT molecular complexity index is 585. The molecule has 110 valence electrons. The molecule has 3 rings (SSSR count). The van der Waals surface area contributed by atoms with E-state index in [0.717, 1.165) is 26.8 Å². The van der Waals surface area contributed by atoms with Gasteiger partial charge in [-0.3, -0.25) is 0 Å². The second kappa shape index (κ2) is 7.27. The van der Waals surface area contributed by atoms with Gasteiger partial charge in [0, 0.05) is 0 Å². The molecule has 1 saturated heterocycles. The first-order valence-corrected chi connectivity index (χ1v) is 7.66. The zero-order chi connectivity index (χ0) is 15.2. The summed E-state index contributed by atoms with van der Waals surface area (Å²) in [5.41, 5.74) is 2.65.